The third kappa shape index (κ3) is 2.80. The van der Waals surface area contributed by atoms with Gasteiger partial charge in [-0.3, -0.25) is 0 Å². The Hall–Kier alpha value is -2.34. The predicted molar refractivity (Wildman–Crippen MR) is 85.9 cm³/mol. The third-order valence-corrected chi connectivity index (χ3v) is 3.66. The second-order valence-electron chi connectivity index (χ2n) is 5.17. The Kier molecular flexibility index (Phi) is 3.64. The number of hydrogen-bond acceptors (Lipinski definition) is 0. The van der Waals surface area contributed by atoms with Gasteiger partial charge in [0.2, 0.25) is 0 Å². The van der Waals surface area contributed by atoms with E-state index in [1.165, 1.54) is 27.8 Å². The molecule has 0 heterocycles. The Labute approximate surface area is 120 Å². The van der Waals surface area contributed by atoms with Crippen molar-refractivity contribution in [1.29, 1.82) is 0 Å². The summed E-state index contributed by atoms with van der Waals surface area (Å²) in [6, 6.07) is 28.0. The summed E-state index contributed by atoms with van der Waals surface area (Å²) in [6.45, 7) is 2.16. The van der Waals surface area contributed by atoms with Gasteiger partial charge in [0.15, 0.2) is 0 Å². The first-order chi connectivity index (χ1) is 9.83. The first-order valence-corrected chi connectivity index (χ1v) is 7.02. The normalized spacial score (nSPS) is 10.4. The minimum Gasteiger partial charge on any atom is -0.0622 e. The topological polar surface area (TPSA) is 0 Å². The lowest BCUT2D eigenvalue weighted by Crippen LogP contribution is -1.88. The van der Waals surface area contributed by atoms with E-state index in [0.717, 1.165) is 6.42 Å². The average molecular weight is 258 g/mol. The molecular formula is C20H18. The molecule has 98 valence electrons. The average Bonchev–Trinajstić information content (AvgIpc) is 2.50. The molecule has 0 bridgehead atoms. The standard InChI is InChI=1S/C20H18/c1-16-7-5-6-10-20(16)19-13-11-18(12-14-19)15-17-8-3-2-4-9-17/h2-14H,15H2,1H3. The van der Waals surface area contributed by atoms with Crippen LogP contribution in [-0.2, 0) is 6.42 Å². The van der Waals surface area contributed by atoms with Crippen LogP contribution in [0.25, 0.3) is 11.1 Å². The summed E-state index contributed by atoms with van der Waals surface area (Å²) in [5.41, 5.74) is 6.65. The summed E-state index contributed by atoms with van der Waals surface area (Å²) in [6.07, 6.45) is 0.995. The first-order valence-electron chi connectivity index (χ1n) is 7.02. The molecule has 0 nitrogen and oxygen atoms in total. The second-order valence-corrected chi connectivity index (χ2v) is 5.17. The molecule has 20 heavy (non-hydrogen) atoms. The van der Waals surface area contributed by atoms with E-state index in [9.17, 15) is 0 Å². The van der Waals surface area contributed by atoms with Crippen LogP contribution >= 0.6 is 0 Å². The molecule has 0 aliphatic heterocycles. The molecule has 0 aromatic heterocycles. The molecule has 0 amide bonds. The number of rotatable bonds is 3. The number of hydrogen-bond donors (Lipinski definition) is 0. The van der Waals surface area contributed by atoms with Gasteiger partial charge in [-0.05, 0) is 41.2 Å². The van der Waals surface area contributed by atoms with Gasteiger partial charge in [0, 0.05) is 0 Å². The Morgan fingerprint density at radius 3 is 1.90 bits per heavy atom. The summed E-state index contributed by atoms with van der Waals surface area (Å²) in [5.74, 6) is 0. The van der Waals surface area contributed by atoms with Crippen LogP contribution < -0.4 is 0 Å². The van der Waals surface area contributed by atoms with Gasteiger partial charge in [0.1, 0.15) is 0 Å². The van der Waals surface area contributed by atoms with E-state index in [2.05, 4.69) is 85.8 Å². The van der Waals surface area contributed by atoms with Crippen LogP contribution in [0.5, 0.6) is 0 Å². The summed E-state index contributed by atoms with van der Waals surface area (Å²) in [4.78, 5) is 0. The van der Waals surface area contributed by atoms with Gasteiger partial charge in [-0.25, -0.2) is 0 Å². The van der Waals surface area contributed by atoms with Crippen molar-refractivity contribution in [2.45, 2.75) is 13.3 Å². The van der Waals surface area contributed by atoms with E-state index in [-0.39, 0.29) is 0 Å². The molecule has 0 aliphatic rings. The van der Waals surface area contributed by atoms with Crippen LogP contribution in [0.1, 0.15) is 16.7 Å². The van der Waals surface area contributed by atoms with Crippen molar-refractivity contribution in [3.63, 3.8) is 0 Å². The fraction of sp³-hybridized carbons (Fsp3) is 0.100. The molecule has 0 saturated carbocycles. The van der Waals surface area contributed by atoms with E-state index in [4.69, 9.17) is 0 Å². The quantitative estimate of drug-likeness (QED) is 0.601. The van der Waals surface area contributed by atoms with Crippen molar-refractivity contribution in [3.8, 4) is 11.1 Å². The van der Waals surface area contributed by atoms with Crippen molar-refractivity contribution in [2.75, 3.05) is 0 Å². The lowest BCUT2D eigenvalue weighted by Gasteiger charge is -2.07. The maximum absolute atomic E-state index is 2.23. The van der Waals surface area contributed by atoms with Crippen LogP contribution in [-0.4, -0.2) is 0 Å². The Morgan fingerprint density at radius 1 is 0.600 bits per heavy atom. The molecule has 0 N–H and O–H groups in total. The molecule has 0 radical (unpaired) electrons. The van der Waals surface area contributed by atoms with E-state index < -0.39 is 0 Å². The second kappa shape index (κ2) is 5.75. The summed E-state index contributed by atoms with van der Waals surface area (Å²) in [7, 11) is 0. The van der Waals surface area contributed by atoms with Crippen molar-refractivity contribution < 1.29 is 0 Å². The Bertz CT molecular complexity index is 679. The Balaban J connectivity index is 1.83. The minimum absolute atomic E-state index is 0.995. The number of benzene rings is 3. The first kappa shape index (κ1) is 12.7. The smallest absolute Gasteiger partial charge is 0.00258 e. The Morgan fingerprint density at radius 2 is 1.20 bits per heavy atom. The molecule has 3 rings (SSSR count). The van der Waals surface area contributed by atoms with Crippen LogP contribution in [0, 0.1) is 6.92 Å². The van der Waals surface area contributed by atoms with Crippen LogP contribution in [0.15, 0.2) is 78.9 Å². The highest BCUT2D eigenvalue weighted by Crippen LogP contribution is 2.23. The molecule has 3 aromatic carbocycles. The van der Waals surface area contributed by atoms with Gasteiger partial charge in [0.25, 0.3) is 0 Å². The fourth-order valence-corrected chi connectivity index (χ4v) is 2.53. The summed E-state index contributed by atoms with van der Waals surface area (Å²) < 4.78 is 0. The van der Waals surface area contributed by atoms with Crippen molar-refractivity contribution >= 4 is 0 Å². The fourth-order valence-electron chi connectivity index (χ4n) is 2.53. The molecule has 0 heteroatoms. The molecular weight excluding hydrogens is 240 g/mol. The van der Waals surface area contributed by atoms with Crippen molar-refractivity contribution in [3.05, 3.63) is 95.6 Å². The van der Waals surface area contributed by atoms with Crippen LogP contribution in [0.2, 0.25) is 0 Å². The van der Waals surface area contributed by atoms with Crippen molar-refractivity contribution in [2.24, 2.45) is 0 Å². The van der Waals surface area contributed by atoms with Crippen molar-refractivity contribution in [1.82, 2.24) is 0 Å². The summed E-state index contributed by atoms with van der Waals surface area (Å²) in [5, 5.41) is 0. The van der Waals surface area contributed by atoms with Gasteiger partial charge < -0.3 is 0 Å². The third-order valence-electron chi connectivity index (χ3n) is 3.66. The van der Waals surface area contributed by atoms with Crippen LogP contribution in [0.4, 0.5) is 0 Å². The summed E-state index contributed by atoms with van der Waals surface area (Å²) >= 11 is 0. The monoisotopic (exact) mass is 258 g/mol. The highest BCUT2D eigenvalue weighted by Gasteiger charge is 2.01. The maximum Gasteiger partial charge on any atom is -0.00258 e. The van der Waals surface area contributed by atoms with E-state index in [1.807, 2.05) is 0 Å². The SMILES string of the molecule is Cc1ccccc1-c1ccc(Cc2ccccc2)cc1. The zero-order valence-corrected chi connectivity index (χ0v) is 11.7. The molecule has 3 aromatic rings. The minimum atomic E-state index is 0.995. The molecule has 0 spiro atoms. The lowest BCUT2D eigenvalue weighted by atomic mass is 9.98. The zero-order valence-electron chi connectivity index (χ0n) is 11.7. The van der Waals surface area contributed by atoms with Gasteiger partial charge in [-0.1, -0.05) is 78.9 Å². The van der Waals surface area contributed by atoms with E-state index >= 15 is 0 Å². The van der Waals surface area contributed by atoms with E-state index in [1.54, 1.807) is 0 Å². The van der Waals surface area contributed by atoms with Crippen LogP contribution in [0.3, 0.4) is 0 Å². The van der Waals surface area contributed by atoms with Gasteiger partial charge in [-0.15, -0.1) is 0 Å². The molecule has 0 unspecified atom stereocenters. The van der Waals surface area contributed by atoms with Gasteiger partial charge in [0.05, 0.1) is 0 Å². The van der Waals surface area contributed by atoms with E-state index in [0.29, 0.717) is 0 Å². The molecule has 0 aliphatic carbocycles. The highest BCUT2D eigenvalue weighted by atomic mass is 14.1. The molecule has 0 fully saturated rings. The largest absolute Gasteiger partial charge is 0.0622 e. The lowest BCUT2D eigenvalue weighted by molar-refractivity contribution is 1.19. The zero-order chi connectivity index (χ0) is 13.8. The molecule has 0 saturated heterocycles. The van der Waals surface area contributed by atoms with Gasteiger partial charge in [-0.2, -0.15) is 0 Å². The highest BCUT2D eigenvalue weighted by molar-refractivity contribution is 5.67. The maximum atomic E-state index is 2.23. The predicted octanol–water partition coefficient (Wildman–Crippen LogP) is 5.25. The van der Waals surface area contributed by atoms with Gasteiger partial charge >= 0.3 is 0 Å². The number of aryl methyl sites for hydroxylation is 1. The molecule has 0 atom stereocenters.